The highest BCUT2D eigenvalue weighted by Crippen LogP contribution is 2.27. The van der Waals surface area contributed by atoms with Gasteiger partial charge < -0.3 is 10.2 Å². The molecule has 0 bridgehead atoms. The maximum atomic E-state index is 14.8. The third-order valence-corrected chi connectivity index (χ3v) is 11.6. The zero-order valence-electron chi connectivity index (χ0n) is 28.0. The van der Waals surface area contributed by atoms with Crippen LogP contribution >= 0.6 is 11.8 Å². The van der Waals surface area contributed by atoms with Crippen molar-refractivity contribution in [2.75, 3.05) is 17.1 Å². The highest BCUT2D eigenvalue weighted by atomic mass is 32.2. The number of hydrogen-bond donors (Lipinski definition) is 1. The van der Waals surface area contributed by atoms with Crippen LogP contribution in [0.5, 0.6) is 0 Å². The lowest BCUT2D eigenvalue weighted by Crippen LogP contribution is -2.55. The number of nitrogens with one attached hydrogen (secondary N) is 1. The number of hydrogen-bond acceptors (Lipinski definition) is 5. The Kier molecular flexibility index (Phi) is 12.0. The predicted octanol–water partition coefficient (Wildman–Crippen LogP) is 7.31. The molecule has 0 aromatic heterocycles. The van der Waals surface area contributed by atoms with Crippen LogP contribution in [0.3, 0.4) is 0 Å². The second kappa shape index (κ2) is 16.3. The minimum atomic E-state index is -4.15. The van der Waals surface area contributed by atoms with E-state index >= 15 is 0 Å². The van der Waals surface area contributed by atoms with Crippen molar-refractivity contribution in [1.82, 2.24) is 10.2 Å². The fraction of sp³-hybridized carbons (Fsp3) is 0.333. The van der Waals surface area contributed by atoms with Crippen molar-refractivity contribution in [3.05, 3.63) is 125 Å². The summed E-state index contributed by atoms with van der Waals surface area (Å²) in [5, 5.41) is 3.27. The summed E-state index contributed by atoms with van der Waals surface area (Å²) in [6, 6.07) is 30.5. The number of sulfonamides is 1. The summed E-state index contributed by atoms with van der Waals surface area (Å²) in [5.41, 5.74) is 4.14. The van der Waals surface area contributed by atoms with Crippen LogP contribution in [0.4, 0.5) is 5.69 Å². The monoisotopic (exact) mass is 683 g/mol. The van der Waals surface area contributed by atoms with Crippen molar-refractivity contribution >= 4 is 39.3 Å². The lowest BCUT2D eigenvalue weighted by Gasteiger charge is -2.35. The lowest BCUT2D eigenvalue weighted by molar-refractivity contribution is -0.140. The van der Waals surface area contributed by atoms with Crippen LogP contribution in [0.15, 0.2) is 113 Å². The molecule has 252 valence electrons. The second-order valence-electron chi connectivity index (χ2n) is 12.5. The van der Waals surface area contributed by atoms with Gasteiger partial charge in [-0.2, -0.15) is 0 Å². The highest BCUT2D eigenvalue weighted by molar-refractivity contribution is 7.98. The number of benzene rings is 4. The van der Waals surface area contributed by atoms with Gasteiger partial charge in [-0.05, 0) is 86.0 Å². The van der Waals surface area contributed by atoms with Gasteiger partial charge in [-0.25, -0.2) is 8.42 Å². The molecule has 0 spiro atoms. The van der Waals surface area contributed by atoms with Crippen LogP contribution in [0.1, 0.15) is 54.4 Å². The molecule has 1 aliphatic rings. The summed E-state index contributed by atoms with van der Waals surface area (Å²) in [7, 11) is -4.15. The van der Waals surface area contributed by atoms with Crippen LogP contribution in [0.25, 0.3) is 0 Å². The third kappa shape index (κ3) is 8.88. The number of aryl methyl sites for hydroxylation is 2. The van der Waals surface area contributed by atoms with Gasteiger partial charge in [-0.1, -0.05) is 91.6 Å². The smallest absolute Gasteiger partial charge is 0.264 e. The van der Waals surface area contributed by atoms with E-state index in [2.05, 4.69) is 5.32 Å². The van der Waals surface area contributed by atoms with E-state index in [1.165, 1.54) is 16.1 Å². The van der Waals surface area contributed by atoms with E-state index in [9.17, 15) is 18.0 Å². The molecule has 1 fully saturated rings. The zero-order valence-corrected chi connectivity index (χ0v) is 29.6. The number of nitrogens with zero attached hydrogens (tertiary/aromatic N) is 2. The Labute approximate surface area is 289 Å². The number of anilines is 1. The van der Waals surface area contributed by atoms with Gasteiger partial charge in [-0.15, -0.1) is 11.8 Å². The van der Waals surface area contributed by atoms with Crippen molar-refractivity contribution in [3.8, 4) is 0 Å². The molecule has 0 heterocycles. The van der Waals surface area contributed by atoms with Crippen molar-refractivity contribution in [3.63, 3.8) is 0 Å². The summed E-state index contributed by atoms with van der Waals surface area (Å²) < 4.78 is 29.8. The van der Waals surface area contributed by atoms with Crippen LogP contribution in [-0.4, -0.2) is 50.0 Å². The first kappa shape index (κ1) is 35.2. The van der Waals surface area contributed by atoms with Gasteiger partial charge >= 0.3 is 0 Å². The molecule has 1 saturated carbocycles. The maximum absolute atomic E-state index is 14.8. The molecule has 7 nitrogen and oxygen atoms in total. The Morgan fingerprint density at radius 2 is 1.48 bits per heavy atom. The summed E-state index contributed by atoms with van der Waals surface area (Å²) in [5.74, 6) is -0.673. The SMILES string of the molecule is CSc1ccc(S(=O)(=O)N(CC(=O)N(Cc2ccccc2C)[C@H](Cc2ccccc2)C(=O)NC2CCCCC2)c2ccc(C)cc2)cc1. The number of thioether (sulfide) groups is 1. The van der Waals surface area contributed by atoms with Gasteiger partial charge in [0.2, 0.25) is 11.8 Å². The van der Waals surface area contributed by atoms with Gasteiger partial charge in [0.1, 0.15) is 12.6 Å². The van der Waals surface area contributed by atoms with E-state index in [4.69, 9.17) is 0 Å². The average Bonchev–Trinajstić information content (AvgIpc) is 3.10. The van der Waals surface area contributed by atoms with Crippen molar-refractivity contribution in [1.29, 1.82) is 0 Å². The van der Waals surface area contributed by atoms with Crippen molar-refractivity contribution in [2.24, 2.45) is 0 Å². The maximum Gasteiger partial charge on any atom is 0.264 e. The van der Waals surface area contributed by atoms with E-state index in [0.717, 1.165) is 59.3 Å². The summed E-state index contributed by atoms with van der Waals surface area (Å²) in [4.78, 5) is 31.6. The van der Waals surface area contributed by atoms with E-state index in [0.29, 0.717) is 12.1 Å². The molecule has 0 aliphatic heterocycles. The normalized spacial score (nSPS) is 14.2. The van der Waals surface area contributed by atoms with Crippen LogP contribution in [0, 0.1) is 13.8 Å². The van der Waals surface area contributed by atoms with Gasteiger partial charge in [0, 0.05) is 23.9 Å². The summed E-state index contributed by atoms with van der Waals surface area (Å²) >= 11 is 1.52. The number of amides is 2. The van der Waals surface area contributed by atoms with E-state index in [1.54, 1.807) is 41.3 Å². The standard InChI is InChI=1S/C39H45N3O4S2/c1-29-18-20-34(21-19-29)42(48(45,46)36-24-22-35(47-3)23-25-36)28-38(43)41(27-32-15-11-10-12-30(32)2)37(26-31-13-6-4-7-14-31)39(44)40-33-16-8-5-9-17-33/h4,6-7,10-15,18-25,33,37H,5,8-9,16-17,26-28H2,1-3H3,(H,40,44)/t37-/m1/s1. The van der Waals surface area contributed by atoms with E-state index in [1.807, 2.05) is 86.8 Å². The topological polar surface area (TPSA) is 86.8 Å². The molecular formula is C39H45N3O4S2. The lowest BCUT2D eigenvalue weighted by atomic mass is 9.94. The van der Waals surface area contributed by atoms with Gasteiger partial charge in [0.25, 0.3) is 10.0 Å². The van der Waals surface area contributed by atoms with Crippen LogP contribution in [-0.2, 0) is 32.6 Å². The molecule has 0 saturated heterocycles. The van der Waals surface area contributed by atoms with E-state index < -0.39 is 28.5 Å². The minimum Gasteiger partial charge on any atom is -0.352 e. The molecule has 0 unspecified atom stereocenters. The summed E-state index contributed by atoms with van der Waals surface area (Å²) in [6.07, 6.45) is 7.31. The first-order valence-corrected chi connectivity index (χ1v) is 19.2. The number of carbonyl (C=O) groups excluding carboxylic acids is 2. The largest absolute Gasteiger partial charge is 0.352 e. The van der Waals surface area contributed by atoms with Gasteiger partial charge in [0.15, 0.2) is 0 Å². The first-order chi connectivity index (χ1) is 23.2. The molecule has 4 aromatic rings. The third-order valence-electron chi connectivity index (χ3n) is 9.07. The van der Waals surface area contributed by atoms with Crippen LogP contribution < -0.4 is 9.62 Å². The molecule has 1 N–H and O–H groups in total. The Morgan fingerprint density at radius 1 is 0.833 bits per heavy atom. The number of carbonyl (C=O) groups is 2. The molecule has 0 radical (unpaired) electrons. The fourth-order valence-corrected chi connectivity index (χ4v) is 8.01. The molecular weight excluding hydrogens is 639 g/mol. The fourth-order valence-electron chi connectivity index (χ4n) is 6.18. The van der Waals surface area contributed by atoms with Crippen LogP contribution in [0.2, 0.25) is 0 Å². The highest BCUT2D eigenvalue weighted by Gasteiger charge is 2.35. The van der Waals surface area contributed by atoms with Gasteiger partial charge in [0.05, 0.1) is 10.6 Å². The Bertz CT molecular complexity index is 1770. The quantitative estimate of drug-likeness (QED) is 0.150. The molecule has 5 rings (SSSR count). The first-order valence-electron chi connectivity index (χ1n) is 16.6. The van der Waals surface area contributed by atoms with E-state index in [-0.39, 0.29) is 23.4 Å². The Balaban J connectivity index is 1.56. The molecule has 1 atom stereocenters. The predicted molar refractivity (Wildman–Crippen MR) is 195 cm³/mol. The number of rotatable bonds is 13. The van der Waals surface area contributed by atoms with Crippen molar-refractivity contribution < 1.29 is 18.0 Å². The molecule has 4 aromatic carbocycles. The zero-order chi connectivity index (χ0) is 34.1. The Hall–Kier alpha value is -4.08. The average molecular weight is 684 g/mol. The molecule has 2 amide bonds. The molecule has 1 aliphatic carbocycles. The van der Waals surface area contributed by atoms with Crippen molar-refractivity contribution in [2.45, 2.75) is 80.8 Å². The minimum absolute atomic E-state index is 0.0497. The Morgan fingerprint density at radius 3 is 2.12 bits per heavy atom. The molecule has 9 heteroatoms. The molecule has 48 heavy (non-hydrogen) atoms. The summed E-state index contributed by atoms with van der Waals surface area (Å²) in [6.45, 7) is 3.60. The van der Waals surface area contributed by atoms with Gasteiger partial charge in [-0.3, -0.25) is 13.9 Å². The second-order valence-corrected chi connectivity index (χ2v) is 15.3.